The molecule has 2 N–H and O–H groups in total. The maximum atomic E-state index is 11.2. The minimum atomic E-state index is -3.44. The first kappa shape index (κ1) is 10.5. The SMILES string of the molecule is CN1CCC(CS(N)(=O)=O)CC1=O. The first-order chi connectivity index (χ1) is 5.88. The van der Waals surface area contributed by atoms with Gasteiger partial charge in [0.2, 0.25) is 15.9 Å². The van der Waals surface area contributed by atoms with Gasteiger partial charge in [-0.3, -0.25) is 4.79 Å². The molecule has 5 nitrogen and oxygen atoms in total. The summed E-state index contributed by atoms with van der Waals surface area (Å²) in [6, 6.07) is 0. The van der Waals surface area contributed by atoms with Gasteiger partial charge in [-0.05, 0) is 12.3 Å². The van der Waals surface area contributed by atoms with Crippen LogP contribution < -0.4 is 5.14 Å². The number of carbonyl (C=O) groups excluding carboxylic acids is 1. The van der Waals surface area contributed by atoms with Gasteiger partial charge in [0.1, 0.15) is 0 Å². The molecule has 0 aromatic rings. The summed E-state index contributed by atoms with van der Waals surface area (Å²) in [5, 5.41) is 4.89. The summed E-state index contributed by atoms with van der Waals surface area (Å²) in [6.45, 7) is 0.624. The first-order valence-electron chi connectivity index (χ1n) is 4.13. The second-order valence-corrected chi connectivity index (χ2v) is 5.16. The molecule has 0 bridgehead atoms. The van der Waals surface area contributed by atoms with Gasteiger partial charge in [-0.2, -0.15) is 0 Å². The molecular formula is C7H14N2O3S. The Labute approximate surface area is 77.9 Å². The van der Waals surface area contributed by atoms with Crippen molar-refractivity contribution >= 4 is 15.9 Å². The van der Waals surface area contributed by atoms with Crippen LogP contribution in [0.5, 0.6) is 0 Å². The van der Waals surface area contributed by atoms with Crippen molar-refractivity contribution in [2.45, 2.75) is 12.8 Å². The molecule has 1 aliphatic heterocycles. The fourth-order valence-electron chi connectivity index (χ4n) is 1.48. The van der Waals surface area contributed by atoms with Crippen LogP contribution in [0.1, 0.15) is 12.8 Å². The van der Waals surface area contributed by atoms with Gasteiger partial charge >= 0.3 is 0 Å². The number of nitrogens with zero attached hydrogens (tertiary/aromatic N) is 1. The van der Waals surface area contributed by atoms with E-state index in [2.05, 4.69) is 0 Å². The molecule has 1 unspecified atom stereocenters. The average Bonchev–Trinajstić information content (AvgIpc) is 1.94. The topological polar surface area (TPSA) is 80.5 Å². The predicted octanol–water partition coefficient (Wildman–Crippen LogP) is -0.857. The molecule has 1 fully saturated rings. The van der Waals surface area contributed by atoms with E-state index in [1.807, 2.05) is 0 Å². The fourth-order valence-corrected chi connectivity index (χ4v) is 2.42. The van der Waals surface area contributed by atoms with Crippen LogP contribution in [-0.4, -0.2) is 38.6 Å². The number of hydrogen-bond acceptors (Lipinski definition) is 3. The number of likely N-dealkylation sites (tertiary alicyclic amines) is 1. The van der Waals surface area contributed by atoms with Gasteiger partial charge in [-0.25, -0.2) is 13.6 Å². The van der Waals surface area contributed by atoms with Gasteiger partial charge in [0.25, 0.3) is 0 Å². The Balaban J connectivity index is 2.52. The van der Waals surface area contributed by atoms with Crippen LogP contribution in [0.25, 0.3) is 0 Å². The van der Waals surface area contributed by atoms with Crippen molar-refractivity contribution in [3.05, 3.63) is 0 Å². The summed E-state index contributed by atoms with van der Waals surface area (Å²) >= 11 is 0. The summed E-state index contributed by atoms with van der Waals surface area (Å²) in [4.78, 5) is 12.8. The lowest BCUT2D eigenvalue weighted by molar-refractivity contribution is -0.133. The highest BCUT2D eigenvalue weighted by Gasteiger charge is 2.25. The molecule has 1 atom stereocenters. The van der Waals surface area contributed by atoms with E-state index in [0.717, 1.165) is 6.42 Å². The van der Waals surface area contributed by atoms with E-state index in [1.165, 1.54) is 0 Å². The molecule has 0 aromatic heterocycles. The molecule has 0 aliphatic carbocycles. The molecule has 0 radical (unpaired) electrons. The minimum absolute atomic E-state index is 0.0000926. The van der Waals surface area contributed by atoms with Crippen molar-refractivity contribution < 1.29 is 13.2 Å². The maximum Gasteiger partial charge on any atom is 0.222 e. The van der Waals surface area contributed by atoms with Crippen molar-refractivity contribution in [2.75, 3.05) is 19.3 Å². The molecular weight excluding hydrogens is 192 g/mol. The van der Waals surface area contributed by atoms with Crippen LogP contribution in [0.15, 0.2) is 0 Å². The Hall–Kier alpha value is -0.620. The summed E-state index contributed by atoms with van der Waals surface area (Å²) in [6.07, 6.45) is 1.02. The highest BCUT2D eigenvalue weighted by atomic mass is 32.2. The summed E-state index contributed by atoms with van der Waals surface area (Å²) in [5.74, 6) is -0.175. The molecule has 1 aliphatic rings. The normalized spacial score (nSPS) is 24.9. The minimum Gasteiger partial charge on any atom is -0.346 e. The van der Waals surface area contributed by atoms with Gasteiger partial charge < -0.3 is 4.90 Å². The van der Waals surface area contributed by atoms with Gasteiger partial charge in [-0.1, -0.05) is 0 Å². The molecule has 1 heterocycles. The number of primary sulfonamides is 1. The smallest absolute Gasteiger partial charge is 0.222 e. The highest BCUT2D eigenvalue weighted by molar-refractivity contribution is 7.89. The third-order valence-electron chi connectivity index (χ3n) is 2.23. The average molecular weight is 206 g/mol. The van der Waals surface area contributed by atoms with E-state index in [0.29, 0.717) is 13.0 Å². The molecule has 6 heteroatoms. The standard InChI is InChI=1S/C7H14N2O3S/c1-9-3-2-6(4-7(9)10)5-13(8,11)12/h6H,2-5H2,1H3,(H2,8,11,12). The number of piperidine rings is 1. The van der Waals surface area contributed by atoms with E-state index < -0.39 is 10.0 Å². The quantitative estimate of drug-likeness (QED) is 0.638. The number of rotatable bonds is 2. The van der Waals surface area contributed by atoms with Crippen LogP contribution in [0.4, 0.5) is 0 Å². The van der Waals surface area contributed by atoms with Gasteiger partial charge in [0, 0.05) is 20.0 Å². The maximum absolute atomic E-state index is 11.2. The monoisotopic (exact) mass is 206 g/mol. The van der Waals surface area contributed by atoms with Crippen molar-refractivity contribution in [3.63, 3.8) is 0 Å². The van der Waals surface area contributed by atoms with E-state index >= 15 is 0 Å². The summed E-state index contributed by atoms with van der Waals surface area (Å²) in [5.41, 5.74) is 0. The molecule has 0 saturated carbocycles. The number of amides is 1. The highest BCUT2D eigenvalue weighted by Crippen LogP contribution is 2.17. The lowest BCUT2D eigenvalue weighted by Crippen LogP contribution is -2.38. The zero-order valence-electron chi connectivity index (χ0n) is 7.56. The molecule has 76 valence electrons. The Morgan fingerprint density at radius 1 is 1.62 bits per heavy atom. The van der Waals surface area contributed by atoms with Gasteiger partial charge in [0.15, 0.2) is 0 Å². The van der Waals surface area contributed by atoms with Gasteiger partial charge in [0.05, 0.1) is 5.75 Å². The second-order valence-electron chi connectivity index (χ2n) is 3.50. The van der Waals surface area contributed by atoms with Crippen molar-refractivity contribution in [3.8, 4) is 0 Å². The van der Waals surface area contributed by atoms with Crippen LogP contribution in [0, 0.1) is 5.92 Å². The van der Waals surface area contributed by atoms with Gasteiger partial charge in [-0.15, -0.1) is 0 Å². The van der Waals surface area contributed by atoms with Crippen LogP contribution in [-0.2, 0) is 14.8 Å². The van der Waals surface area contributed by atoms with Crippen LogP contribution >= 0.6 is 0 Å². The van der Waals surface area contributed by atoms with Crippen molar-refractivity contribution in [2.24, 2.45) is 11.1 Å². The first-order valence-corrected chi connectivity index (χ1v) is 5.84. The molecule has 0 spiro atoms. The molecule has 1 amide bonds. The summed E-state index contributed by atoms with van der Waals surface area (Å²) in [7, 11) is -1.72. The number of nitrogens with two attached hydrogens (primary N) is 1. The van der Waals surface area contributed by atoms with E-state index in [9.17, 15) is 13.2 Å². The lowest BCUT2D eigenvalue weighted by atomic mass is 9.99. The fraction of sp³-hybridized carbons (Fsp3) is 0.857. The Morgan fingerprint density at radius 2 is 2.23 bits per heavy atom. The largest absolute Gasteiger partial charge is 0.346 e. The van der Waals surface area contributed by atoms with E-state index in [1.54, 1.807) is 11.9 Å². The van der Waals surface area contributed by atoms with E-state index in [4.69, 9.17) is 5.14 Å². The van der Waals surface area contributed by atoms with Crippen molar-refractivity contribution in [1.82, 2.24) is 4.90 Å². The number of carbonyl (C=O) groups is 1. The second kappa shape index (κ2) is 3.63. The third kappa shape index (κ3) is 3.31. The summed E-state index contributed by atoms with van der Waals surface area (Å²) < 4.78 is 21.5. The molecule has 13 heavy (non-hydrogen) atoms. The van der Waals surface area contributed by atoms with Crippen LogP contribution in [0.2, 0.25) is 0 Å². The third-order valence-corrected chi connectivity index (χ3v) is 3.17. The predicted molar refractivity (Wildman–Crippen MR) is 48.3 cm³/mol. The lowest BCUT2D eigenvalue weighted by Gasteiger charge is -2.27. The molecule has 1 saturated heterocycles. The Morgan fingerprint density at radius 3 is 2.69 bits per heavy atom. The zero-order valence-corrected chi connectivity index (χ0v) is 8.38. The van der Waals surface area contributed by atoms with Crippen molar-refractivity contribution in [1.29, 1.82) is 0 Å². The molecule has 1 rings (SSSR count). The Kier molecular flexibility index (Phi) is 2.92. The Bertz CT molecular complexity index is 299. The molecule has 0 aromatic carbocycles. The zero-order chi connectivity index (χ0) is 10.1. The number of sulfonamides is 1. The number of hydrogen-bond donors (Lipinski definition) is 1. The van der Waals surface area contributed by atoms with Crippen LogP contribution in [0.3, 0.4) is 0 Å². The van der Waals surface area contributed by atoms with E-state index in [-0.39, 0.29) is 17.6 Å².